The zero-order chi connectivity index (χ0) is 95.1. The molecular formula is C109H70O3. The minimum Gasteiger partial charge on any atom is -0.456 e. The molecule has 0 atom stereocenters. The molecule has 0 radical (unpaired) electrons. The summed E-state index contributed by atoms with van der Waals surface area (Å²) >= 11 is 0. The van der Waals surface area contributed by atoms with E-state index in [9.17, 15) is 5.48 Å². The highest BCUT2D eigenvalue weighted by Gasteiger charge is 2.25. The fourth-order valence-corrected chi connectivity index (χ4v) is 16.3. The molecule has 0 spiro atoms. The third-order valence-corrected chi connectivity index (χ3v) is 21.0. The Morgan fingerprint density at radius 1 is 0.188 bits per heavy atom. The highest BCUT2D eigenvalue weighted by molar-refractivity contribution is 6.29. The Balaban J connectivity index is 0.000000122. The average molecular weight is 1450 g/mol. The SMILES string of the molecule is [2H]c1c([2H])c([2H])c2c(-c3cccc(-c4cccc5oc6ccccc6c45)c3)c3c([2H])c([2H])c([2H])c([2H])c3c(-c3ccccc3)c2c1[2H].[2H]c1c([2H])c([2H])c2c(-c3cccc4oc5c(-c6ccccc6)cccc5c34)c3c([2H])c([2H])c([2H])c([2H])c3c(-c3ccccc3)c2c1[2H].[2H]c1c([2H])c([2H])c2c(-c3cccc4oc5c(C)cccc5c34)c3c([2H])c([2H])c([2H])c([2H])c3c(-c3ccccc3)c2c1[2H]. The Bertz CT molecular complexity index is 8910. The van der Waals surface area contributed by atoms with Crippen LogP contribution < -0.4 is 0 Å². The Morgan fingerprint density at radius 2 is 0.464 bits per heavy atom. The zero-order valence-corrected chi connectivity index (χ0v) is 59.6. The van der Waals surface area contributed by atoms with Crippen LogP contribution in [-0.4, -0.2) is 0 Å². The molecule has 3 heteroatoms. The fraction of sp³-hybridized carbons (Fsp3) is 0.00917. The first-order valence-electron chi connectivity index (χ1n) is 48.5. The Labute approximate surface area is 681 Å². The van der Waals surface area contributed by atoms with Crippen molar-refractivity contribution in [3.8, 4) is 89.0 Å². The van der Waals surface area contributed by atoms with Crippen LogP contribution in [0.4, 0.5) is 0 Å². The van der Waals surface area contributed by atoms with Gasteiger partial charge in [-0.05, 0) is 191 Å². The minimum atomic E-state index is -0.432. The lowest BCUT2D eigenvalue weighted by molar-refractivity contribution is 0.666. The summed E-state index contributed by atoms with van der Waals surface area (Å²) in [5, 5.41) is 7.09. The Kier molecular flexibility index (Phi) is 11.1. The van der Waals surface area contributed by atoms with Gasteiger partial charge in [-0.1, -0.05) is 376 Å². The molecule has 0 amide bonds. The van der Waals surface area contributed by atoms with Crippen LogP contribution in [0.3, 0.4) is 0 Å². The van der Waals surface area contributed by atoms with E-state index in [1.165, 1.54) is 0 Å². The topological polar surface area (TPSA) is 39.4 Å². The Morgan fingerprint density at radius 3 is 0.902 bits per heavy atom. The predicted molar refractivity (Wildman–Crippen MR) is 474 cm³/mol. The van der Waals surface area contributed by atoms with Crippen molar-refractivity contribution in [3.63, 3.8) is 0 Å². The van der Waals surface area contributed by atoms with Gasteiger partial charge >= 0.3 is 0 Å². The summed E-state index contributed by atoms with van der Waals surface area (Å²) in [6, 6.07) is 72.0. The lowest BCUT2D eigenvalue weighted by Crippen LogP contribution is -1.91. The number of hydrogen-bond donors (Lipinski definition) is 0. The molecule has 23 aromatic rings. The summed E-state index contributed by atoms with van der Waals surface area (Å²) in [5.74, 6) is 0. The summed E-state index contributed by atoms with van der Waals surface area (Å²) in [6.45, 7) is 1.94. The molecule has 0 aliphatic heterocycles. The molecule has 3 heterocycles. The second-order valence-electron chi connectivity index (χ2n) is 27.3. The van der Waals surface area contributed by atoms with Gasteiger partial charge in [-0.3, -0.25) is 0 Å². The maximum atomic E-state index is 9.24. The predicted octanol–water partition coefficient (Wildman–Crippen LogP) is 31.3. The maximum Gasteiger partial charge on any atom is 0.143 e. The van der Waals surface area contributed by atoms with Crippen molar-refractivity contribution in [2.75, 3.05) is 0 Å². The molecule has 524 valence electrons. The molecule has 0 unspecified atom stereocenters. The zero-order valence-electron chi connectivity index (χ0n) is 83.6. The number of fused-ring (bicyclic) bond motifs is 15. The summed E-state index contributed by atoms with van der Waals surface area (Å²) in [6.07, 6.45) is 0. The van der Waals surface area contributed by atoms with Gasteiger partial charge in [0, 0.05) is 37.9 Å². The third-order valence-electron chi connectivity index (χ3n) is 21.0. The lowest BCUT2D eigenvalue weighted by atomic mass is 9.85. The molecule has 0 saturated heterocycles. The van der Waals surface area contributed by atoms with Gasteiger partial charge in [0.15, 0.2) is 0 Å². The largest absolute Gasteiger partial charge is 0.456 e. The normalized spacial score (nSPS) is 14.6. The van der Waals surface area contributed by atoms with Crippen LogP contribution in [0.15, 0.2) is 419 Å². The van der Waals surface area contributed by atoms with Crippen LogP contribution in [0.2, 0.25) is 0 Å². The molecule has 3 nitrogen and oxygen atoms in total. The van der Waals surface area contributed by atoms with E-state index in [0.29, 0.717) is 99.9 Å². The summed E-state index contributed by atoms with van der Waals surface area (Å²) in [4.78, 5) is 0. The van der Waals surface area contributed by atoms with Gasteiger partial charge in [0.25, 0.3) is 0 Å². The summed E-state index contributed by atoms with van der Waals surface area (Å²) in [5.41, 5.74) is 13.7. The first-order valence-corrected chi connectivity index (χ1v) is 36.5. The standard InChI is InChI=1S/2C38H24O.C33H22O/c1-3-13-25(14-4-1)27-21-11-23-33-37-32(22-12-24-34(37)39-38(27)33)36-30-19-9-7-17-28(30)35(26-15-5-2-6-16-26)29-18-8-10-20-31(29)36;1-2-12-25(13-3-1)36-29-16-4-6-18-31(29)37(32-19-7-5-17-30(32)36)27-15-10-14-26(24-27)28-21-11-23-35-38(28)33-20-8-9-22-34(33)39-35;1-21-11-9-19-28-32-27(18-10-20-29(32)34-33(21)28)31-25-16-7-5-14-23(25)30(22-12-3-2-4-13-22)24-15-6-8-17-26(24)31/h2*1-24H;2-20H,1H3/i7D,8D,9D,10D,17D,18D,19D,20D;4D,5D,6D,7D,16D,17D,18D,19D;5D,6D,7D,8D,14D,15D,16D,17D. The molecular weight excluding hydrogens is 1360 g/mol. The van der Waals surface area contributed by atoms with Gasteiger partial charge in [0.05, 0.1) is 32.9 Å². The van der Waals surface area contributed by atoms with Gasteiger partial charge in [0.2, 0.25) is 0 Å². The number of rotatable bonds is 8. The van der Waals surface area contributed by atoms with Crippen molar-refractivity contribution in [3.05, 3.63) is 411 Å². The summed E-state index contributed by atoms with van der Waals surface area (Å²) < 4.78 is 232. The van der Waals surface area contributed by atoms with Gasteiger partial charge in [-0.2, -0.15) is 0 Å². The highest BCUT2D eigenvalue weighted by Crippen LogP contribution is 2.52. The van der Waals surface area contributed by atoms with E-state index in [-0.39, 0.29) is 137 Å². The van der Waals surface area contributed by atoms with Crippen molar-refractivity contribution in [2.45, 2.75) is 6.92 Å². The van der Waals surface area contributed by atoms with Crippen LogP contribution in [0, 0.1) is 6.92 Å². The summed E-state index contributed by atoms with van der Waals surface area (Å²) in [7, 11) is 0. The number of para-hydroxylation sites is 3. The molecule has 0 saturated carbocycles. The lowest BCUT2D eigenvalue weighted by Gasteiger charge is -2.18. The van der Waals surface area contributed by atoms with Crippen LogP contribution in [0.1, 0.15) is 38.5 Å². The highest BCUT2D eigenvalue weighted by atomic mass is 16.3. The molecule has 0 fully saturated rings. The number of benzene rings is 20. The smallest absolute Gasteiger partial charge is 0.143 e. The minimum absolute atomic E-state index is 0.174. The molecule has 0 N–H and O–H groups in total. The van der Waals surface area contributed by atoms with Crippen molar-refractivity contribution < 1.29 is 46.1 Å². The molecule has 0 aliphatic carbocycles. The van der Waals surface area contributed by atoms with Crippen LogP contribution in [-0.2, 0) is 0 Å². The number of hydrogen-bond acceptors (Lipinski definition) is 3. The van der Waals surface area contributed by atoms with Crippen molar-refractivity contribution in [1.29, 1.82) is 0 Å². The monoisotopic (exact) mass is 1450 g/mol. The van der Waals surface area contributed by atoms with E-state index < -0.39 is 72.5 Å². The van der Waals surface area contributed by atoms with Gasteiger partial charge in [-0.25, -0.2) is 0 Å². The first-order chi connectivity index (χ1) is 65.5. The maximum absolute atomic E-state index is 9.24. The van der Waals surface area contributed by atoms with E-state index >= 15 is 0 Å². The van der Waals surface area contributed by atoms with E-state index in [1.54, 1.807) is 84.9 Å². The van der Waals surface area contributed by atoms with Crippen molar-refractivity contribution >= 4 is 130 Å². The number of furan rings is 3. The van der Waals surface area contributed by atoms with Crippen LogP contribution in [0.5, 0.6) is 0 Å². The first kappa shape index (κ1) is 45.2. The van der Waals surface area contributed by atoms with Gasteiger partial charge in [0.1, 0.15) is 33.5 Å². The van der Waals surface area contributed by atoms with E-state index in [2.05, 4.69) is 0 Å². The molecule has 0 bridgehead atoms. The van der Waals surface area contributed by atoms with E-state index in [0.717, 1.165) is 60.5 Å². The fourth-order valence-electron chi connectivity index (χ4n) is 16.3. The van der Waals surface area contributed by atoms with Crippen molar-refractivity contribution in [1.82, 2.24) is 0 Å². The molecule has 3 aromatic heterocycles. The number of aryl methyl sites for hydroxylation is 1. The van der Waals surface area contributed by atoms with Gasteiger partial charge < -0.3 is 13.3 Å². The second kappa shape index (κ2) is 27.5. The third kappa shape index (κ3) is 11.0. The average Bonchev–Trinajstić information content (AvgIpc) is 1.01. The molecule has 0 aliphatic rings. The van der Waals surface area contributed by atoms with Gasteiger partial charge in [-0.15, -0.1) is 0 Å². The van der Waals surface area contributed by atoms with Crippen LogP contribution >= 0.6 is 0 Å². The molecule has 23 rings (SSSR count). The Hall–Kier alpha value is -14.6. The second-order valence-corrected chi connectivity index (χ2v) is 27.3. The van der Waals surface area contributed by atoms with Crippen molar-refractivity contribution in [2.24, 2.45) is 0 Å². The van der Waals surface area contributed by atoms with E-state index in [1.807, 2.05) is 183 Å². The molecule has 20 aromatic carbocycles. The van der Waals surface area contributed by atoms with E-state index in [4.69, 9.17) is 40.7 Å². The quantitative estimate of drug-likeness (QED) is 0.142. The van der Waals surface area contributed by atoms with Crippen LogP contribution in [0.25, 0.3) is 219 Å². The molecule has 112 heavy (non-hydrogen) atoms.